The minimum Gasteiger partial charge on any atom is -0.297 e. The Morgan fingerprint density at radius 3 is 2.36 bits per heavy atom. The molecule has 36 heavy (non-hydrogen) atoms. The van der Waals surface area contributed by atoms with Gasteiger partial charge in [0, 0.05) is 43.8 Å². The van der Waals surface area contributed by atoms with E-state index in [2.05, 4.69) is 15.1 Å². The second-order valence-corrected chi connectivity index (χ2v) is 8.94. The third-order valence-corrected chi connectivity index (χ3v) is 6.27. The Morgan fingerprint density at radius 2 is 1.72 bits per heavy atom. The first-order valence-electron chi connectivity index (χ1n) is 10.9. The van der Waals surface area contributed by atoms with Crippen molar-refractivity contribution in [3.05, 3.63) is 85.4 Å². The van der Waals surface area contributed by atoms with Gasteiger partial charge >= 0.3 is 6.18 Å². The lowest BCUT2D eigenvalue weighted by atomic mass is 10.2. The molecule has 2 aromatic carbocycles. The maximum Gasteiger partial charge on any atom is 0.453 e. The molecule has 1 aromatic heterocycles. The van der Waals surface area contributed by atoms with E-state index >= 15 is 0 Å². The molecule has 9 nitrogen and oxygen atoms in total. The third kappa shape index (κ3) is 6.16. The van der Waals surface area contributed by atoms with Gasteiger partial charge in [0.2, 0.25) is 4.77 Å². The smallest absolute Gasteiger partial charge is 0.297 e. The van der Waals surface area contributed by atoms with E-state index in [4.69, 9.17) is 23.8 Å². The Kier molecular flexibility index (Phi) is 7.83. The second kappa shape index (κ2) is 10.9. The quantitative estimate of drug-likeness (QED) is 0.188. The van der Waals surface area contributed by atoms with Crippen molar-refractivity contribution < 1.29 is 18.1 Å². The largest absolute Gasteiger partial charge is 0.453 e. The van der Waals surface area contributed by atoms with Crippen LogP contribution in [0.5, 0.6) is 0 Å². The summed E-state index contributed by atoms with van der Waals surface area (Å²) >= 11 is 11.2. The van der Waals surface area contributed by atoms with Crippen LogP contribution in [0.3, 0.4) is 0 Å². The molecule has 190 valence electrons. The average Bonchev–Trinajstić information content (AvgIpc) is 3.16. The molecule has 0 radical (unpaired) electrons. The molecule has 2 heterocycles. The number of para-hydroxylation sites is 1. The monoisotopic (exact) mass is 539 g/mol. The van der Waals surface area contributed by atoms with Crippen molar-refractivity contribution >= 4 is 35.7 Å². The van der Waals surface area contributed by atoms with Crippen LogP contribution in [0.25, 0.3) is 0 Å². The molecule has 0 amide bonds. The van der Waals surface area contributed by atoms with Crippen molar-refractivity contribution in [1.82, 2.24) is 24.3 Å². The summed E-state index contributed by atoms with van der Waals surface area (Å²) in [5.41, 5.74) is 0.882. The maximum absolute atomic E-state index is 13.7. The van der Waals surface area contributed by atoms with Gasteiger partial charge in [-0.15, -0.1) is 5.10 Å². The van der Waals surface area contributed by atoms with E-state index in [9.17, 15) is 23.3 Å². The van der Waals surface area contributed by atoms with Crippen molar-refractivity contribution in [2.75, 3.05) is 26.2 Å². The molecule has 0 bridgehead atoms. The fourth-order valence-electron chi connectivity index (χ4n) is 3.78. The lowest BCUT2D eigenvalue weighted by Gasteiger charge is -2.34. The number of aromatic nitrogens is 3. The number of hydrogen-bond donors (Lipinski definition) is 0. The summed E-state index contributed by atoms with van der Waals surface area (Å²) in [6.45, 7) is 3.48. The maximum atomic E-state index is 13.7. The van der Waals surface area contributed by atoms with Crippen LogP contribution < -0.4 is 0 Å². The Morgan fingerprint density at radius 1 is 1.08 bits per heavy atom. The zero-order valence-electron chi connectivity index (χ0n) is 18.8. The minimum absolute atomic E-state index is 0.0436. The molecular formula is C22H21ClF3N7O2S. The highest BCUT2D eigenvalue weighted by atomic mass is 35.5. The van der Waals surface area contributed by atoms with Crippen LogP contribution in [0.1, 0.15) is 17.0 Å². The molecule has 0 N–H and O–H groups in total. The molecule has 4 rings (SSSR count). The van der Waals surface area contributed by atoms with Crippen LogP contribution >= 0.6 is 23.8 Å². The molecule has 0 spiro atoms. The van der Waals surface area contributed by atoms with Crippen LogP contribution in [-0.2, 0) is 19.4 Å². The van der Waals surface area contributed by atoms with E-state index < -0.39 is 16.9 Å². The first-order chi connectivity index (χ1) is 17.1. The second-order valence-electron chi connectivity index (χ2n) is 8.14. The van der Waals surface area contributed by atoms with Crippen LogP contribution in [0, 0.1) is 14.9 Å². The molecule has 0 unspecified atom stereocenters. The minimum atomic E-state index is -4.82. The summed E-state index contributed by atoms with van der Waals surface area (Å²) in [6.07, 6.45) is -3.85. The molecule has 1 fully saturated rings. The van der Waals surface area contributed by atoms with E-state index in [1.807, 2.05) is 29.2 Å². The molecule has 0 atom stereocenters. The lowest BCUT2D eigenvalue weighted by Crippen LogP contribution is -2.46. The summed E-state index contributed by atoms with van der Waals surface area (Å²) < 4.78 is 42.3. The fourth-order valence-corrected chi connectivity index (χ4v) is 4.14. The van der Waals surface area contributed by atoms with E-state index in [-0.39, 0.29) is 22.7 Å². The molecule has 1 aliphatic rings. The third-order valence-electron chi connectivity index (χ3n) is 5.64. The Balaban J connectivity index is 1.48. The van der Waals surface area contributed by atoms with Crippen LogP contribution in [0.4, 0.5) is 18.9 Å². The topological polar surface area (TPSA) is 84.7 Å². The number of hydrogen-bond acceptors (Lipinski definition) is 7. The number of alkyl halides is 3. The van der Waals surface area contributed by atoms with Crippen molar-refractivity contribution in [1.29, 1.82) is 0 Å². The van der Waals surface area contributed by atoms with Crippen LogP contribution in [0.15, 0.2) is 53.6 Å². The number of rotatable bonds is 7. The highest BCUT2D eigenvalue weighted by Crippen LogP contribution is 2.28. The van der Waals surface area contributed by atoms with E-state index in [0.717, 1.165) is 36.1 Å². The number of nitrogens with zero attached hydrogens (tertiary/aromatic N) is 7. The van der Waals surface area contributed by atoms with Gasteiger partial charge in [0.25, 0.3) is 11.5 Å². The van der Waals surface area contributed by atoms with Gasteiger partial charge < -0.3 is 0 Å². The van der Waals surface area contributed by atoms with Gasteiger partial charge in [0.05, 0.1) is 23.4 Å². The number of nitro groups is 1. The molecule has 14 heteroatoms. The van der Waals surface area contributed by atoms with E-state index in [1.54, 1.807) is 0 Å². The Hall–Kier alpha value is -3.13. The Bertz CT molecular complexity index is 1320. The van der Waals surface area contributed by atoms with Gasteiger partial charge in [0.15, 0.2) is 0 Å². The van der Waals surface area contributed by atoms with Gasteiger partial charge in [0.1, 0.15) is 0 Å². The summed E-state index contributed by atoms with van der Waals surface area (Å²) in [5, 5.41) is 19.3. The Labute approximate surface area is 214 Å². The molecule has 3 aromatic rings. The van der Waals surface area contributed by atoms with E-state index in [1.165, 1.54) is 24.3 Å². The van der Waals surface area contributed by atoms with Crippen molar-refractivity contribution in [3.63, 3.8) is 0 Å². The molecule has 1 saturated heterocycles. The fraction of sp³-hybridized carbons (Fsp3) is 0.318. The molecular weight excluding hydrogens is 519 g/mol. The highest BCUT2D eigenvalue weighted by molar-refractivity contribution is 7.71. The van der Waals surface area contributed by atoms with Gasteiger partial charge in [-0.2, -0.15) is 22.9 Å². The zero-order chi connectivity index (χ0) is 25.9. The summed E-state index contributed by atoms with van der Waals surface area (Å²) in [7, 11) is 0. The number of piperazine rings is 1. The van der Waals surface area contributed by atoms with Crippen LogP contribution in [0.2, 0.25) is 5.02 Å². The predicted molar refractivity (Wildman–Crippen MR) is 130 cm³/mol. The average molecular weight is 540 g/mol. The SMILES string of the molecule is O=[N+]([O-])c1ccccc1/C=N\n1c(C(F)(F)F)nn(CN2CCN(Cc3ccc(Cl)cc3)CC2)c1=S. The molecule has 1 aliphatic heterocycles. The normalized spacial score (nSPS) is 15.6. The molecule has 0 saturated carbocycles. The zero-order valence-corrected chi connectivity index (χ0v) is 20.4. The predicted octanol–water partition coefficient (Wildman–Crippen LogP) is 4.65. The van der Waals surface area contributed by atoms with E-state index in [0.29, 0.717) is 22.8 Å². The summed E-state index contributed by atoms with van der Waals surface area (Å²) in [4.78, 5) is 14.8. The first kappa shape index (κ1) is 25.9. The van der Waals surface area contributed by atoms with Crippen molar-refractivity contribution in [2.45, 2.75) is 19.4 Å². The van der Waals surface area contributed by atoms with Gasteiger partial charge in [-0.3, -0.25) is 19.9 Å². The standard InChI is InChI=1S/C22H21ClF3N7O2S/c23-18-7-5-16(6-8-18)14-29-9-11-30(12-10-29)15-31-21(36)32(20(28-31)22(24,25)26)27-13-17-3-1-2-4-19(17)33(34)35/h1-8,13H,9-12,14-15H2/b27-13-. The molecule has 0 aliphatic carbocycles. The van der Waals surface area contributed by atoms with Crippen molar-refractivity contribution in [3.8, 4) is 0 Å². The number of benzene rings is 2. The number of nitro benzene ring substituents is 1. The summed E-state index contributed by atoms with van der Waals surface area (Å²) in [5.74, 6) is -1.30. The number of halogens is 4. The van der Waals surface area contributed by atoms with Gasteiger partial charge in [-0.05, 0) is 36.0 Å². The van der Waals surface area contributed by atoms with Crippen molar-refractivity contribution in [2.24, 2.45) is 5.10 Å². The van der Waals surface area contributed by atoms with Gasteiger partial charge in [-0.1, -0.05) is 35.9 Å². The first-order valence-corrected chi connectivity index (χ1v) is 11.6. The van der Waals surface area contributed by atoms with Gasteiger partial charge in [-0.25, -0.2) is 4.68 Å². The van der Waals surface area contributed by atoms with Crippen LogP contribution in [-0.4, -0.2) is 61.6 Å². The highest BCUT2D eigenvalue weighted by Gasteiger charge is 2.39. The lowest BCUT2D eigenvalue weighted by molar-refractivity contribution is -0.385. The summed E-state index contributed by atoms with van der Waals surface area (Å²) in [6, 6.07) is 13.2.